The minimum Gasteiger partial charge on any atom is -0.330 e. The standard InChI is InChI=1S/C16H20N2O2S/c17-12-6-7-13-21(19,20)18-16-11-5-4-10-15(16)14-8-2-1-3-9-14/h1-5,8-11,18H,6-7,12-13,17H2. The lowest BCUT2D eigenvalue weighted by molar-refractivity contribution is 0.597. The molecule has 4 nitrogen and oxygen atoms in total. The van der Waals surface area contributed by atoms with E-state index in [1.807, 2.05) is 48.5 Å². The van der Waals surface area contributed by atoms with E-state index in [0.29, 0.717) is 25.1 Å². The van der Waals surface area contributed by atoms with Crippen LogP contribution in [-0.2, 0) is 10.0 Å². The molecule has 112 valence electrons. The first-order valence-corrected chi connectivity index (χ1v) is 8.62. The highest BCUT2D eigenvalue weighted by atomic mass is 32.2. The number of hydrogen-bond donors (Lipinski definition) is 2. The lowest BCUT2D eigenvalue weighted by atomic mass is 10.0. The van der Waals surface area contributed by atoms with Crippen LogP contribution < -0.4 is 10.5 Å². The third-order valence-corrected chi connectivity index (χ3v) is 4.50. The van der Waals surface area contributed by atoms with Crippen molar-refractivity contribution < 1.29 is 8.42 Å². The highest BCUT2D eigenvalue weighted by Crippen LogP contribution is 2.28. The molecule has 0 aliphatic carbocycles. The molecule has 0 unspecified atom stereocenters. The number of rotatable bonds is 7. The highest BCUT2D eigenvalue weighted by Gasteiger charge is 2.13. The van der Waals surface area contributed by atoms with Crippen LogP contribution in [0, 0.1) is 0 Å². The summed E-state index contributed by atoms with van der Waals surface area (Å²) in [5.41, 5.74) is 7.86. The zero-order valence-electron chi connectivity index (χ0n) is 11.8. The normalized spacial score (nSPS) is 11.3. The van der Waals surface area contributed by atoms with Gasteiger partial charge in [0.1, 0.15) is 0 Å². The van der Waals surface area contributed by atoms with Crippen LogP contribution >= 0.6 is 0 Å². The monoisotopic (exact) mass is 304 g/mol. The maximum Gasteiger partial charge on any atom is 0.232 e. The largest absolute Gasteiger partial charge is 0.330 e. The summed E-state index contributed by atoms with van der Waals surface area (Å²) in [4.78, 5) is 0. The topological polar surface area (TPSA) is 72.2 Å². The van der Waals surface area contributed by atoms with E-state index in [4.69, 9.17) is 5.73 Å². The Morgan fingerprint density at radius 1 is 0.905 bits per heavy atom. The van der Waals surface area contributed by atoms with Crippen LogP contribution in [0.3, 0.4) is 0 Å². The van der Waals surface area contributed by atoms with Gasteiger partial charge in [0.15, 0.2) is 0 Å². The summed E-state index contributed by atoms with van der Waals surface area (Å²) in [7, 11) is -3.34. The van der Waals surface area contributed by atoms with E-state index >= 15 is 0 Å². The van der Waals surface area contributed by atoms with E-state index in [9.17, 15) is 8.42 Å². The number of unbranched alkanes of at least 4 members (excludes halogenated alkanes) is 1. The Kier molecular flexibility index (Phi) is 5.36. The predicted molar refractivity (Wildman–Crippen MR) is 87.6 cm³/mol. The summed E-state index contributed by atoms with van der Waals surface area (Å²) in [6.07, 6.45) is 1.28. The van der Waals surface area contributed by atoms with Crippen molar-refractivity contribution in [2.45, 2.75) is 12.8 Å². The average Bonchev–Trinajstić information content (AvgIpc) is 2.48. The second-order valence-electron chi connectivity index (χ2n) is 4.83. The molecule has 0 bridgehead atoms. The van der Waals surface area contributed by atoms with Crippen LogP contribution in [0.1, 0.15) is 12.8 Å². The molecule has 0 heterocycles. The van der Waals surface area contributed by atoms with E-state index in [-0.39, 0.29) is 5.75 Å². The number of benzene rings is 2. The number of sulfonamides is 1. The minimum absolute atomic E-state index is 0.0906. The fraction of sp³-hybridized carbons (Fsp3) is 0.250. The van der Waals surface area contributed by atoms with Crippen LogP contribution in [0.4, 0.5) is 5.69 Å². The maximum atomic E-state index is 12.1. The van der Waals surface area contributed by atoms with Gasteiger partial charge in [0.05, 0.1) is 11.4 Å². The van der Waals surface area contributed by atoms with Crippen molar-refractivity contribution in [3.63, 3.8) is 0 Å². The van der Waals surface area contributed by atoms with E-state index in [1.54, 1.807) is 6.07 Å². The van der Waals surface area contributed by atoms with Gasteiger partial charge in [-0.3, -0.25) is 4.72 Å². The van der Waals surface area contributed by atoms with Gasteiger partial charge in [-0.1, -0.05) is 48.5 Å². The molecule has 5 heteroatoms. The first-order chi connectivity index (χ1) is 10.1. The fourth-order valence-electron chi connectivity index (χ4n) is 2.10. The SMILES string of the molecule is NCCCCS(=O)(=O)Nc1ccccc1-c1ccccc1. The third kappa shape index (κ3) is 4.58. The van der Waals surface area contributed by atoms with Gasteiger partial charge < -0.3 is 5.73 Å². The Morgan fingerprint density at radius 2 is 1.57 bits per heavy atom. The Labute approximate surface area is 126 Å². The second kappa shape index (κ2) is 7.24. The van der Waals surface area contributed by atoms with Gasteiger partial charge in [-0.25, -0.2) is 8.42 Å². The summed E-state index contributed by atoms with van der Waals surface area (Å²) < 4.78 is 26.9. The van der Waals surface area contributed by atoms with Crippen molar-refractivity contribution in [2.24, 2.45) is 5.73 Å². The maximum absolute atomic E-state index is 12.1. The molecule has 2 rings (SSSR count). The Bertz CT molecular complexity index is 670. The molecule has 0 aromatic heterocycles. The van der Waals surface area contributed by atoms with Gasteiger partial charge in [0.2, 0.25) is 10.0 Å². The summed E-state index contributed by atoms with van der Waals surface area (Å²) >= 11 is 0. The summed E-state index contributed by atoms with van der Waals surface area (Å²) in [6.45, 7) is 0.510. The van der Waals surface area contributed by atoms with E-state index < -0.39 is 10.0 Å². The first-order valence-electron chi connectivity index (χ1n) is 6.97. The summed E-state index contributed by atoms with van der Waals surface area (Å²) in [5.74, 6) is 0.0906. The van der Waals surface area contributed by atoms with Crippen LogP contribution in [0.15, 0.2) is 54.6 Å². The molecule has 21 heavy (non-hydrogen) atoms. The molecule has 0 saturated heterocycles. The molecular formula is C16H20N2O2S. The number of nitrogens with two attached hydrogens (primary N) is 1. The average molecular weight is 304 g/mol. The summed E-state index contributed by atoms with van der Waals surface area (Å²) in [6, 6.07) is 17.1. The molecule has 0 saturated carbocycles. The summed E-state index contributed by atoms with van der Waals surface area (Å²) in [5, 5.41) is 0. The molecular weight excluding hydrogens is 284 g/mol. The number of anilines is 1. The van der Waals surface area contributed by atoms with Crippen molar-refractivity contribution in [1.29, 1.82) is 0 Å². The van der Waals surface area contributed by atoms with Crippen LogP contribution in [0.25, 0.3) is 11.1 Å². The third-order valence-electron chi connectivity index (χ3n) is 3.14. The smallest absolute Gasteiger partial charge is 0.232 e. The highest BCUT2D eigenvalue weighted by molar-refractivity contribution is 7.92. The van der Waals surface area contributed by atoms with Gasteiger partial charge in [-0.15, -0.1) is 0 Å². The van der Waals surface area contributed by atoms with Gasteiger partial charge in [-0.2, -0.15) is 0 Å². The lowest BCUT2D eigenvalue weighted by Crippen LogP contribution is -2.18. The predicted octanol–water partition coefficient (Wildman–Crippen LogP) is 2.83. The van der Waals surface area contributed by atoms with Crippen molar-refractivity contribution in [3.05, 3.63) is 54.6 Å². The Morgan fingerprint density at radius 3 is 2.29 bits per heavy atom. The molecule has 2 aromatic rings. The number of nitrogens with one attached hydrogen (secondary N) is 1. The van der Waals surface area contributed by atoms with E-state index in [2.05, 4.69) is 4.72 Å². The molecule has 3 N–H and O–H groups in total. The molecule has 0 fully saturated rings. The van der Waals surface area contributed by atoms with Gasteiger partial charge in [-0.05, 0) is 31.0 Å². The quantitative estimate of drug-likeness (QED) is 0.773. The van der Waals surface area contributed by atoms with Gasteiger partial charge >= 0.3 is 0 Å². The molecule has 0 spiro atoms. The zero-order valence-corrected chi connectivity index (χ0v) is 12.6. The molecule has 2 aromatic carbocycles. The van der Waals surface area contributed by atoms with Crippen LogP contribution in [0.2, 0.25) is 0 Å². The molecule has 0 aliphatic heterocycles. The van der Waals surface area contributed by atoms with Gasteiger partial charge in [0.25, 0.3) is 0 Å². The Balaban J connectivity index is 2.21. The lowest BCUT2D eigenvalue weighted by Gasteiger charge is -2.12. The van der Waals surface area contributed by atoms with E-state index in [1.165, 1.54) is 0 Å². The number of para-hydroxylation sites is 1. The van der Waals surface area contributed by atoms with Crippen molar-refractivity contribution in [1.82, 2.24) is 0 Å². The van der Waals surface area contributed by atoms with Crippen LogP contribution in [0.5, 0.6) is 0 Å². The molecule has 0 radical (unpaired) electrons. The molecule has 0 atom stereocenters. The van der Waals surface area contributed by atoms with Crippen molar-refractivity contribution >= 4 is 15.7 Å². The first kappa shape index (κ1) is 15.5. The second-order valence-corrected chi connectivity index (χ2v) is 6.67. The molecule has 0 aliphatic rings. The molecule has 0 amide bonds. The van der Waals surface area contributed by atoms with Gasteiger partial charge in [0, 0.05) is 5.56 Å². The Hall–Kier alpha value is -1.85. The zero-order chi connectivity index (χ0) is 15.1. The fourth-order valence-corrected chi connectivity index (χ4v) is 3.30. The van der Waals surface area contributed by atoms with Crippen molar-refractivity contribution in [3.8, 4) is 11.1 Å². The van der Waals surface area contributed by atoms with E-state index in [0.717, 1.165) is 11.1 Å². The van der Waals surface area contributed by atoms with Crippen molar-refractivity contribution in [2.75, 3.05) is 17.0 Å². The number of hydrogen-bond acceptors (Lipinski definition) is 3. The van der Waals surface area contributed by atoms with Crippen LogP contribution in [-0.4, -0.2) is 20.7 Å². The minimum atomic E-state index is -3.34.